The highest BCUT2D eigenvalue weighted by Crippen LogP contribution is 2.24. The molecule has 0 aromatic carbocycles. The van der Waals surface area contributed by atoms with Crippen molar-refractivity contribution in [2.75, 3.05) is 18.3 Å². The number of aromatic nitrogens is 2. The van der Waals surface area contributed by atoms with Gasteiger partial charge in [-0.3, -0.25) is 15.6 Å². The van der Waals surface area contributed by atoms with Crippen LogP contribution in [0.15, 0.2) is 11.4 Å². The van der Waals surface area contributed by atoms with Gasteiger partial charge in [-0.2, -0.15) is 0 Å². The number of nitrogens with zero attached hydrogens (tertiary/aromatic N) is 2. The summed E-state index contributed by atoms with van der Waals surface area (Å²) in [5.41, 5.74) is 5.62. The molecular formula is C15H22N4O3S. The third kappa shape index (κ3) is 4.82. The highest BCUT2D eigenvalue weighted by Gasteiger charge is 2.22. The van der Waals surface area contributed by atoms with Crippen LogP contribution in [-0.2, 0) is 9.53 Å². The molecule has 1 saturated carbocycles. The van der Waals surface area contributed by atoms with E-state index in [1.807, 2.05) is 6.26 Å². The van der Waals surface area contributed by atoms with Crippen LogP contribution in [-0.4, -0.2) is 34.7 Å². The predicted octanol–water partition coefficient (Wildman–Crippen LogP) is 2.40. The number of hydrogen-bond donors (Lipinski definition) is 2. The van der Waals surface area contributed by atoms with Crippen molar-refractivity contribution in [2.24, 2.45) is 5.92 Å². The molecule has 2 N–H and O–H groups in total. The average Bonchev–Trinajstić information content (AvgIpc) is 2.60. The van der Waals surface area contributed by atoms with Crippen molar-refractivity contribution in [1.82, 2.24) is 15.4 Å². The summed E-state index contributed by atoms with van der Waals surface area (Å²) in [6, 6.07) is 0. The molecule has 8 heteroatoms. The lowest BCUT2D eigenvalue weighted by Gasteiger charge is -2.21. The van der Waals surface area contributed by atoms with Crippen LogP contribution < -0.4 is 10.9 Å². The molecule has 0 bridgehead atoms. The summed E-state index contributed by atoms with van der Waals surface area (Å²) in [5, 5.41) is 0.507. The zero-order valence-corrected chi connectivity index (χ0v) is 14.2. The van der Waals surface area contributed by atoms with Gasteiger partial charge in [0.2, 0.25) is 5.91 Å². The summed E-state index contributed by atoms with van der Waals surface area (Å²) >= 11 is 1.35. The number of ether oxygens (including phenoxy) is 1. The molecule has 1 fully saturated rings. The Morgan fingerprint density at radius 3 is 2.74 bits per heavy atom. The van der Waals surface area contributed by atoms with Gasteiger partial charge >= 0.3 is 5.97 Å². The normalized spacial score (nSPS) is 15.0. The van der Waals surface area contributed by atoms with Gasteiger partial charge in [-0.15, -0.1) is 0 Å². The largest absolute Gasteiger partial charge is 0.462 e. The maximum atomic E-state index is 12.2. The molecule has 126 valence electrons. The van der Waals surface area contributed by atoms with E-state index in [0.717, 1.165) is 25.7 Å². The molecule has 2 rings (SSSR count). The number of hydrogen-bond acceptors (Lipinski definition) is 7. The summed E-state index contributed by atoms with van der Waals surface area (Å²) in [5.74, 6) is -0.311. The van der Waals surface area contributed by atoms with Crippen LogP contribution in [0.25, 0.3) is 0 Å². The zero-order chi connectivity index (χ0) is 16.7. The quantitative estimate of drug-likeness (QED) is 0.356. The van der Waals surface area contributed by atoms with Crippen LogP contribution >= 0.6 is 11.8 Å². The monoisotopic (exact) mass is 338 g/mol. The first kappa shape index (κ1) is 17.5. The van der Waals surface area contributed by atoms with Crippen LogP contribution in [0.2, 0.25) is 0 Å². The molecule has 1 aliphatic rings. The number of anilines is 1. The number of esters is 1. The number of carbonyl (C=O) groups excluding carboxylic acids is 2. The molecule has 0 aliphatic heterocycles. The van der Waals surface area contributed by atoms with Crippen LogP contribution in [0.5, 0.6) is 0 Å². The SMILES string of the molecule is CCOC(=O)c1cnc(SC)nc1NNC(=O)C1CCCCC1. The van der Waals surface area contributed by atoms with Gasteiger partial charge in [0.05, 0.1) is 6.61 Å². The van der Waals surface area contributed by atoms with Crippen LogP contribution in [0, 0.1) is 5.92 Å². The molecule has 23 heavy (non-hydrogen) atoms. The third-order valence-corrected chi connectivity index (χ3v) is 4.29. The Morgan fingerprint density at radius 1 is 1.35 bits per heavy atom. The minimum absolute atomic E-state index is 0.0177. The molecule has 1 aromatic rings. The molecule has 0 unspecified atom stereocenters. The second-order valence-corrected chi connectivity index (χ2v) is 6.06. The highest BCUT2D eigenvalue weighted by molar-refractivity contribution is 7.98. The second-order valence-electron chi connectivity index (χ2n) is 5.29. The smallest absolute Gasteiger partial charge is 0.343 e. The van der Waals surface area contributed by atoms with Crippen molar-refractivity contribution in [3.63, 3.8) is 0 Å². The van der Waals surface area contributed by atoms with Crippen molar-refractivity contribution >= 4 is 29.5 Å². The van der Waals surface area contributed by atoms with Gasteiger partial charge in [-0.25, -0.2) is 14.8 Å². The van der Waals surface area contributed by atoms with Gasteiger partial charge in [0.1, 0.15) is 5.56 Å². The third-order valence-electron chi connectivity index (χ3n) is 3.72. The second kappa shape index (κ2) is 8.71. The number of carbonyl (C=O) groups is 2. The number of thioether (sulfide) groups is 1. The molecule has 0 radical (unpaired) electrons. The Hall–Kier alpha value is -1.83. The van der Waals surface area contributed by atoms with Gasteiger partial charge in [-0.1, -0.05) is 31.0 Å². The van der Waals surface area contributed by atoms with Crippen molar-refractivity contribution in [3.05, 3.63) is 11.8 Å². The lowest BCUT2D eigenvalue weighted by atomic mass is 9.89. The van der Waals surface area contributed by atoms with Gasteiger partial charge in [-0.05, 0) is 26.0 Å². The van der Waals surface area contributed by atoms with Gasteiger partial charge < -0.3 is 4.74 Å². The molecule has 0 spiro atoms. The van der Waals surface area contributed by atoms with Crippen molar-refractivity contribution in [1.29, 1.82) is 0 Å². The summed E-state index contributed by atoms with van der Waals surface area (Å²) in [6.45, 7) is 1.99. The van der Waals surface area contributed by atoms with E-state index in [-0.39, 0.29) is 29.8 Å². The van der Waals surface area contributed by atoms with E-state index in [4.69, 9.17) is 4.74 Å². The number of nitrogens with one attached hydrogen (secondary N) is 2. The fourth-order valence-electron chi connectivity index (χ4n) is 2.51. The maximum Gasteiger partial charge on any atom is 0.343 e. The lowest BCUT2D eigenvalue weighted by Crippen LogP contribution is -2.36. The maximum absolute atomic E-state index is 12.2. The Bertz CT molecular complexity index is 562. The van der Waals surface area contributed by atoms with Crippen LogP contribution in [0.1, 0.15) is 49.4 Å². The molecular weight excluding hydrogens is 316 g/mol. The first-order valence-electron chi connectivity index (χ1n) is 7.79. The molecule has 1 heterocycles. The molecule has 7 nitrogen and oxygen atoms in total. The van der Waals surface area contributed by atoms with E-state index in [0.29, 0.717) is 5.16 Å². The molecule has 1 aromatic heterocycles. The summed E-state index contributed by atoms with van der Waals surface area (Å²) in [4.78, 5) is 32.5. The molecule has 1 aliphatic carbocycles. The molecule has 1 amide bonds. The standard InChI is InChI=1S/C15H22N4O3S/c1-3-22-14(21)11-9-16-15(23-2)17-12(11)18-19-13(20)10-7-5-4-6-8-10/h9-10H,3-8H2,1-2H3,(H,19,20)(H,16,17,18). The Labute approximate surface area is 140 Å². The van der Waals surface area contributed by atoms with E-state index < -0.39 is 5.97 Å². The summed E-state index contributed by atoms with van der Waals surface area (Å²) in [7, 11) is 0. The predicted molar refractivity (Wildman–Crippen MR) is 88.1 cm³/mol. The van der Waals surface area contributed by atoms with Gasteiger partial charge in [0.25, 0.3) is 0 Å². The fourth-order valence-corrected chi connectivity index (χ4v) is 2.85. The minimum atomic E-state index is -0.519. The Kier molecular flexibility index (Phi) is 6.64. The summed E-state index contributed by atoms with van der Waals surface area (Å²) < 4.78 is 4.99. The van der Waals surface area contributed by atoms with Crippen molar-refractivity contribution < 1.29 is 14.3 Å². The summed E-state index contributed by atoms with van der Waals surface area (Å²) in [6.07, 6.45) is 8.39. The van der Waals surface area contributed by atoms with E-state index in [1.54, 1.807) is 6.92 Å². The van der Waals surface area contributed by atoms with E-state index in [2.05, 4.69) is 20.8 Å². The van der Waals surface area contributed by atoms with E-state index in [1.165, 1.54) is 24.4 Å². The lowest BCUT2D eigenvalue weighted by molar-refractivity contribution is -0.125. The zero-order valence-electron chi connectivity index (χ0n) is 13.4. The number of rotatable bonds is 6. The van der Waals surface area contributed by atoms with Gasteiger partial charge in [0, 0.05) is 12.1 Å². The van der Waals surface area contributed by atoms with E-state index >= 15 is 0 Å². The average molecular weight is 338 g/mol. The molecule has 0 saturated heterocycles. The van der Waals surface area contributed by atoms with Crippen molar-refractivity contribution in [2.45, 2.75) is 44.2 Å². The minimum Gasteiger partial charge on any atom is -0.462 e. The number of hydrazine groups is 1. The Morgan fingerprint density at radius 2 is 2.09 bits per heavy atom. The highest BCUT2D eigenvalue weighted by atomic mass is 32.2. The van der Waals surface area contributed by atoms with Crippen molar-refractivity contribution in [3.8, 4) is 0 Å². The van der Waals surface area contributed by atoms with Crippen LogP contribution in [0.3, 0.4) is 0 Å². The number of amides is 1. The fraction of sp³-hybridized carbons (Fsp3) is 0.600. The molecule has 0 atom stereocenters. The first-order chi connectivity index (χ1) is 11.2. The first-order valence-corrected chi connectivity index (χ1v) is 9.02. The van der Waals surface area contributed by atoms with Crippen LogP contribution in [0.4, 0.5) is 5.82 Å². The van der Waals surface area contributed by atoms with E-state index in [9.17, 15) is 9.59 Å². The van der Waals surface area contributed by atoms with Gasteiger partial charge in [0.15, 0.2) is 11.0 Å². The topological polar surface area (TPSA) is 93.2 Å². The Balaban J connectivity index is 2.07.